The van der Waals surface area contributed by atoms with E-state index in [1.165, 1.54) is 22.3 Å². The van der Waals surface area contributed by atoms with Gasteiger partial charge in [0.25, 0.3) is 0 Å². The fraction of sp³-hybridized carbons (Fsp3) is 0.417. The van der Waals surface area contributed by atoms with E-state index in [-0.39, 0.29) is 89.5 Å². The predicted octanol–water partition coefficient (Wildman–Crippen LogP) is 3.19. The van der Waals surface area contributed by atoms with Gasteiger partial charge in [0.05, 0.1) is 37.0 Å². The molecule has 61 heavy (non-hydrogen) atoms. The van der Waals surface area contributed by atoms with Crippen molar-refractivity contribution < 1.29 is 45.8 Å². The van der Waals surface area contributed by atoms with Crippen LogP contribution in [0.3, 0.4) is 0 Å². The standard InChI is InChI=1S/2C24H26N3O3.Fe/c2*28-22-16-26(15-21-20-8-4-3-5-17(20)11-14-27(21)22)24(30)19-9-12-25(13-10-19)23(29)18-6-1-2-7-18;/h2*1-8,19,21H,9-16H2;/q;;+2. The molecule has 2 saturated carbocycles. The van der Waals surface area contributed by atoms with Crippen molar-refractivity contribution in [2.45, 2.75) is 50.6 Å². The van der Waals surface area contributed by atoms with Gasteiger partial charge in [-0.25, -0.2) is 0 Å². The minimum Gasteiger partial charge on any atom is -0.342 e. The van der Waals surface area contributed by atoms with Crippen LogP contribution in [0.5, 0.6) is 0 Å². The van der Waals surface area contributed by atoms with Gasteiger partial charge >= 0.3 is 17.1 Å². The molecule has 0 bridgehead atoms. The maximum absolute atomic E-state index is 13.2. The van der Waals surface area contributed by atoms with Crippen LogP contribution in [0, 0.1) is 75.0 Å². The van der Waals surface area contributed by atoms with Crippen LogP contribution in [0.15, 0.2) is 48.5 Å². The number of rotatable bonds is 4. The number of piperazine rings is 2. The molecule has 0 N–H and O–H groups in total. The molecule has 10 rings (SSSR count). The molecule has 316 valence electrons. The number of benzene rings is 2. The quantitative estimate of drug-likeness (QED) is 0.436. The van der Waals surface area contributed by atoms with Crippen molar-refractivity contribution in [1.29, 1.82) is 0 Å². The maximum Gasteiger partial charge on any atom is 2.00 e. The van der Waals surface area contributed by atoms with Gasteiger partial charge in [0.15, 0.2) is 0 Å². The molecule has 6 aliphatic heterocycles. The van der Waals surface area contributed by atoms with Gasteiger partial charge in [-0.2, -0.15) is 0 Å². The van der Waals surface area contributed by atoms with Crippen LogP contribution in [0.25, 0.3) is 0 Å². The molecule has 2 aromatic carbocycles. The summed E-state index contributed by atoms with van der Waals surface area (Å²) in [5, 5.41) is 0. The number of piperidine rings is 2. The van der Waals surface area contributed by atoms with Crippen molar-refractivity contribution >= 4 is 35.4 Å². The average Bonchev–Trinajstić information content (AvgIpc) is 4.05. The summed E-state index contributed by atoms with van der Waals surface area (Å²) in [6.45, 7) is 5.26. The number of carbonyl (C=O) groups excluding carboxylic acids is 6. The van der Waals surface area contributed by atoms with E-state index in [0.717, 1.165) is 25.9 Å². The Kier molecular flexibility index (Phi) is 13.6. The summed E-state index contributed by atoms with van der Waals surface area (Å²) in [4.78, 5) is 88.2. The minimum atomic E-state index is -0.119. The summed E-state index contributed by atoms with van der Waals surface area (Å²) in [7, 11) is 0. The molecular weight excluding hydrogens is 812 g/mol. The first-order valence-corrected chi connectivity index (χ1v) is 21.6. The van der Waals surface area contributed by atoms with Crippen LogP contribution in [0.2, 0.25) is 0 Å². The molecule has 2 atom stereocenters. The predicted molar refractivity (Wildman–Crippen MR) is 222 cm³/mol. The van der Waals surface area contributed by atoms with E-state index in [1.807, 2.05) is 95.2 Å². The van der Waals surface area contributed by atoms with Gasteiger partial charge in [-0.15, -0.1) is 0 Å². The fourth-order valence-electron chi connectivity index (χ4n) is 10.3. The summed E-state index contributed by atoms with van der Waals surface area (Å²) in [6.07, 6.45) is 19.1. The van der Waals surface area contributed by atoms with Gasteiger partial charge in [-0.05, 0) is 112 Å². The topological polar surface area (TPSA) is 122 Å². The van der Waals surface area contributed by atoms with Gasteiger partial charge in [0, 0.05) is 64.2 Å². The largest absolute Gasteiger partial charge is 2.00 e. The third-order valence-electron chi connectivity index (χ3n) is 13.6. The fourth-order valence-corrected chi connectivity index (χ4v) is 10.3. The maximum atomic E-state index is 13.2. The Morgan fingerprint density at radius 3 is 1.21 bits per heavy atom. The van der Waals surface area contributed by atoms with Crippen molar-refractivity contribution in [3.8, 4) is 0 Å². The molecule has 8 aliphatic rings. The van der Waals surface area contributed by atoms with Crippen LogP contribution in [-0.4, -0.2) is 130 Å². The third-order valence-corrected chi connectivity index (χ3v) is 13.6. The number of likely N-dealkylation sites (tertiary alicyclic amines) is 2. The molecule has 6 heterocycles. The monoisotopic (exact) mass is 864 g/mol. The number of hydrogen-bond acceptors (Lipinski definition) is 6. The van der Waals surface area contributed by atoms with Gasteiger partial charge in [0.1, 0.15) is 0 Å². The number of amides is 6. The zero-order chi connectivity index (χ0) is 41.3. The molecule has 10 radical (unpaired) electrons. The summed E-state index contributed by atoms with van der Waals surface area (Å²) < 4.78 is 0. The summed E-state index contributed by atoms with van der Waals surface area (Å²) in [5.74, 6) is 1.45. The van der Waals surface area contributed by atoms with Crippen LogP contribution in [0.4, 0.5) is 0 Å². The first-order valence-electron chi connectivity index (χ1n) is 21.6. The summed E-state index contributed by atoms with van der Waals surface area (Å²) in [5.41, 5.74) is 4.90. The Bertz CT molecular complexity index is 1830. The third kappa shape index (κ3) is 9.01. The Hall–Kier alpha value is -4.22. The molecule has 0 spiro atoms. The Labute approximate surface area is 371 Å². The molecule has 2 aromatic rings. The van der Waals surface area contributed by atoms with E-state index < -0.39 is 0 Å². The van der Waals surface area contributed by atoms with Crippen molar-refractivity contribution in [2.24, 2.45) is 11.8 Å². The molecule has 6 amide bonds. The van der Waals surface area contributed by atoms with Crippen molar-refractivity contribution in [1.82, 2.24) is 29.4 Å². The summed E-state index contributed by atoms with van der Waals surface area (Å²) >= 11 is 0. The number of nitrogens with zero attached hydrogens (tertiary/aromatic N) is 6. The van der Waals surface area contributed by atoms with Crippen molar-refractivity contribution in [2.75, 3.05) is 65.4 Å². The van der Waals surface area contributed by atoms with E-state index in [2.05, 4.69) is 24.3 Å². The zero-order valence-electron chi connectivity index (χ0n) is 34.3. The average molecular weight is 865 g/mol. The van der Waals surface area contributed by atoms with Crippen molar-refractivity contribution in [3.05, 3.63) is 134 Å². The smallest absolute Gasteiger partial charge is 0.342 e. The molecule has 6 fully saturated rings. The SMILES string of the molecule is O=C([C]1[CH][CH][CH][CH]1)N1CCC(C(=O)N2CC(=O)N3CCc4ccccc4C3C2)CC1.O=C([C]1[CH][CH][CH][CH]1)N1CCC(C(=O)N2CC(=O)N3CCc4ccccc4C3C2)CC1.[Fe+2]. The molecule has 13 heteroatoms. The Morgan fingerprint density at radius 1 is 0.475 bits per heavy atom. The normalized spacial score (nSPS) is 24.9. The van der Waals surface area contributed by atoms with Gasteiger partial charge in [0.2, 0.25) is 35.4 Å². The molecular formula is C48H52FeN6O6+2. The minimum absolute atomic E-state index is 0. The first-order chi connectivity index (χ1) is 29.2. The first kappa shape index (κ1) is 43.4. The zero-order valence-corrected chi connectivity index (χ0v) is 35.5. The second-order valence-electron chi connectivity index (χ2n) is 17.0. The van der Waals surface area contributed by atoms with E-state index in [9.17, 15) is 28.8 Å². The van der Waals surface area contributed by atoms with Gasteiger partial charge < -0.3 is 29.4 Å². The molecule has 2 unspecified atom stereocenters. The van der Waals surface area contributed by atoms with Gasteiger partial charge in [-0.1, -0.05) is 48.5 Å². The molecule has 4 saturated heterocycles. The molecule has 2 aliphatic carbocycles. The second-order valence-corrected chi connectivity index (χ2v) is 17.0. The van der Waals surface area contributed by atoms with E-state index >= 15 is 0 Å². The number of carbonyl (C=O) groups is 6. The van der Waals surface area contributed by atoms with Crippen molar-refractivity contribution in [3.63, 3.8) is 0 Å². The van der Waals surface area contributed by atoms with Crippen LogP contribution < -0.4 is 0 Å². The van der Waals surface area contributed by atoms with Crippen LogP contribution >= 0.6 is 0 Å². The number of hydrogen-bond donors (Lipinski definition) is 0. The summed E-state index contributed by atoms with van der Waals surface area (Å²) in [6, 6.07) is 16.4. The van der Waals surface area contributed by atoms with Crippen LogP contribution in [0.1, 0.15) is 60.0 Å². The number of fused-ring (bicyclic) bond motifs is 6. The van der Waals surface area contributed by atoms with E-state index in [4.69, 9.17) is 0 Å². The Balaban J connectivity index is 0.000000166. The Morgan fingerprint density at radius 2 is 0.836 bits per heavy atom. The van der Waals surface area contributed by atoms with Crippen LogP contribution in [-0.2, 0) is 58.7 Å². The van der Waals surface area contributed by atoms with E-state index in [0.29, 0.717) is 76.8 Å². The van der Waals surface area contributed by atoms with Gasteiger partial charge in [-0.3, -0.25) is 28.8 Å². The molecule has 0 aromatic heterocycles. The van der Waals surface area contributed by atoms with E-state index in [1.54, 1.807) is 9.80 Å². The molecule has 12 nitrogen and oxygen atoms in total. The second kappa shape index (κ2) is 19.0.